The van der Waals surface area contributed by atoms with Crippen molar-refractivity contribution in [2.45, 2.75) is 19.3 Å². The second-order valence-electron chi connectivity index (χ2n) is 6.92. The van der Waals surface area contributed by atoms with Crippen LogP contribution < -0.4 is 5.32 Å². The summed E-state index contributed by atoms with van der Waals surface area (Å²) < 4.78 is 0. The number of aryl methyl sites for hydroxylation is 1. The van der Waals surface area contributed by atoms with Crippen molar-refractivity contribution in [3.63, 3.8) is 0 Å². The van der Waals surface area contributed by atoms with Crippen LogP contribution in [0.3, 0.4) is 0 Å². The van der Waals surface area contributed by atoms with E-state index in [9.17, 15) is 4.79 Å². The quantitative estimate of drug-likeness (QED) is 0.469. The first kappa shape index (κ1) is 19.9. The molecule has 0 aliphatic heterocycles. The van der Waals surface area contributed by atoms with Crippen molar-refractivity contribution in [1.82, 2.24) is 20.3 Å². The lowest BCUT2D eigenvalue weighted by Crippen LogP contribution is -2.25. The minimum Gasteiger partial charge on any atom is -0.351 e. The second-order valence-corrected chi connectivity index (χ2v) is 7.92. The fourth-order valence-electron chi connectivity index (χ4n) is 3.42. The number of aromatic nitrogens is 3. The monoisotopic (exact) mass is 414 g/mol. The Morgan fingerprint density at radius 2 is 1.53 bits per heavy atom. The van der Waals surface area contributed by atoms with Crippen molar-refractivity contribution in [2.24, 2.45) is 0 Å². The molecule has 2 aromatic carbocycles. The Kier molecular flexibility index (Phi) is 6.25. The molecule has 150 valence electrons. The minimum atomic E-state index is -0.105. The Bertz CT molecular complexity index is 1060. The zero-order valence-electron chi connectivity index (χ0n) is 16.7. The lowest BCUT2D eigenvalue weighted by Gasteiger charge is -2.18. The van der Waals surface area contributed by atoms with Gasteiger partial charge in [0.25, 0.3) is 5.91 Å². The summed E-state index contributed by atoms with van der Waals surface area (Å²) in [7, 11) is 0. The first-order chi connectivity index (χ1) is 14.7. The highest BCUT2D eigenvalue weighted by atomic mass is 32.1. The number of nitrogens with zero attached hydrogens (tertiary/aromatic N) is 3. The van der Waals surface area contributed by atoms with E-state index in [0.717, 1.165) is 6.42 Å². The number of amides is 1. The van der Waals surface area contributed by atoms with Gasteiger partial charge in [-0.2, -0.15) is 0 Å². The summed E-state index contributed by atoms with van der Waals surface area (Å²) in [6.07, 6.45) is 4.16. The SMILES string of the molecule is Cc1nc(-c2ncccn2)sc1C(=O)NCCC(c1ccccc1)c1ccccc1. The number of hydrogen-bond acceptors (Lipinski definition) is 5. The number of rotatable bonds is 7. The standard InChI is InChI=1S/C24H22N4OS/c1-17-21(30-24(28-17)22-25-14-8-15-26-22)23(29)27-16-13-20(18-9-4-2-5-10-18)19-11-6-3-7-12-19/h2-12,14-15,20H,13,16H2,1H3,(H,27,29). The van der Waals surface area contributed by atoms with Crippen molar-refractivity contribution >= 4 is 17.2 Å². The van der Waals surface area contributed by atoms with Gasteiger partial charge < -0.3 is 5.32 Å². The third-order valence-corrected chi connectivity index (χ3v) is 6.03. The Hall–Kier alpha value is -3.38. The van der Waals surface area contributed by atoms with Gasteiger partial charge >= 0.3 is 0 Å². The van der Waals surface area contributed by atoms with E-state index in [2.05, 4.69) is 68.8 Å². The van der Waals surface area contributed by atoms with Crippen molar-refractivity contribution in [2.75, 3.05) is 6.54 Å². The Morgan fingerprint density at radius 1 is 0.933 bits per heavy atom. The molecule has 0 aliphatic rings. The normalized spacial score (nSPS) is 10.9. The molecule has 2 aromatic heterocycles. The third kappa shape index (κ3) is 4.60. The van der Waals surface area contributed by atoms with E-state index in [-0.39, 0.29) is 11.8 Å². The van der Waals surface area contributed by atoms with Crippen LogP contribution in [-0.4, -0.2) is 27.4 Å². The Morgan fingerprint density at radius 3 is 2.13 bits per heavy atom. The second kappa shape index (κ2) is 9.41. The van der Waals surface area contributed by atoms with Crippen LogP contribution in [0.1, 0.15) is 38.8 Å². The molecule has 0 saturated heterocycles. The Balaban J connectivity index is 1.45. The molecule has 0 atom stereocenters. The molecular formula is C24H22N4OS. The van der Waals surface area contributed by atoms with Crippen LogP contribution in [0.2, 0.25) is 0 Å². The molecule has 1 N–H and O–H groups in total. The van der Waals surface area contributed by atoms with Crippen LogP contribution in [-0.2, 0) is 0 Å². The predicted octanol–water partition coefficient (Wildman–Crippen LogP) is 4.86. The van der Waals surface area contributed by atoms with Crippen LogP contribution in [0.25, 0.3) is 10.8 Å². The minimum absolute atomic E-state index is 0.105. The van der Waals surface area contributed by atoms with Gasteiger partial charge in [-0.25, -0.2) is 15.0 Å². The van der Waals surface area contributed by atoms with Gasteiger partial charge in [-0.1, -0.05) is 60.7 Å². The Labute approximate surface area is 179 Å². The molecule has 0 spiro atoms. The number of hydrogen-bond donors (Lipinski definition) is 1. The summed E-state index contributed by atoms with van der Waals surface area (Å²) in [6.45, 7) is 2.41. The molecule has 30 heavy (non-hydrogen) atoms. The zero-order chi connectivity index (χ0) is 20.8. The lowest BCUT2D eigenvalue weighted by atomic mass is 9.88. The number of thiazole rings is 1. The van der Waals surface area contributed by atoms with E-state index in [1.807, 2.05) is 19.1 Å². The molecule has 4 rings (SSSR count). The summed E-state index contributed by atoms with van der Waals surface area (Å²) in [5.41, 5.74) is 3.19. The maximum atomic E-state index is 12.8. The first-order valence-electron chi connectivity index (χ1n) is 9.85. The maximum absolute atomic E-state index is 12.8. The van der Waals surface area contributed by atoms with Gasteiger partial charge in [-0.05, 0) is 30.5 Å². The number of carbonyl (C=O) groups is 1. The van der Waals surface area contributed by atoms with Crippen molar-refractivity contribution in [1.29, 1.82) is 0 Å². The highest BCUT2D eigenvalue weighted by molar-refractivity contribution is 7.17. The van der Waals surface area contributed by atoms with Gasteiger partial charge in [-0.3, -0.25) is 4.79 Å². The smallest absolute Gasteiger partial charge is 0.263 e. The van der Waals surface area contributed by atoms with Crippen LogP contribution in [0, 0.1) is 6.92 Å². The molecule has 0 unspecified atom stereocenters. The summed E-state index contributed by atoms with van der Waals surface area (Å²) in [4.78, 5) is 26.3. The molecule has 6 heteroatoms. The summed E-state index contributed by atoms with van der Waals surface area (Å²) in [5, 5.41) is 3.72. The molecule has 0 radical (unpaired) electrons. The first-order valence-corrected chi connectivity index (χ1v) is 10.7. The van der Waals surface area contributed by atoms with Gasteiger partial charge in [0.15, 0.2) is 10.8 Å². The van der Waals surface area contributed by atoms with E-state index < -0.39 is 0 Å². The molecule has 2 heterocycles. The van der Waals surface area contributed by atoms with Crippen molar-refractivity contribution in [3.8, 4) is 10.8 Å². The largest absolute Gasteiger partial charge is 0.351 e. The summed E-state index contributed by atoms with van der Waals surface area (Å²) >= 11 is 1.32. The summed E-state index contributed by atoms with van der Waals surface area (Å²) in [5.74, 6) is 0.661. The van der Waals surface area contributed by atoms with Crippen LogP contribution >= 0.6 is 11.3 Å². The molecule has 1 amide bonds. The van der Waals surface area contributed by atoms with Crippen molar-refractivity contribution in [3.05, 3.63) is 101 Å². The van der Waals surface area contributed by atoms with E-state index in [1.54, 1.807) is 18.5 Å². The van der Waals surface area contributed by atoms with Gasteiger partial charge in [0.1, 0.15) is 4.88 Å². The zero-order valence-corrected chi connectivity index (χ0v) is 17.5. The molecule has 5 nitrogen and oxygen atoms in total. The molecule has 0 aliphatic carbocycles. The van der Waals surface area contributed by atoms with Gasteiger partial charge in [0, 0.05) is 24.9 Å². The molecule has 0 saturated carbocycles. The number of carbonyl (C=O) groups excluding carboxylic acids is 1. The van der Waals surface area contributed by atoms with E-state index in [0.29, 0.717) is 27.9 Å². The van der Waals surface area contributed by atoms with E-state index in [4.69, 9.17) is 0 Å². The topological polar surface area (TPSA) is 67.8 Å². The van der Waals surface area contributed by atoms with Crippen LogP contribution in [0.5, 0.6) is 0 Å². The fourth-order valence-corrected chi connectivity index (χ4v) is 4.35. The third-order valence-electron chi connectivity index (χ3n) is 4.88. The van der Waals surface area contributed by atoms with Crippen LogP contribution in [0.4, 0.5) is 0 Å². The molecule has 0 bridgehead atoms. The van der Waals surface area contributed by atoms with Gasteiger partial charge in [0.05, 0.1) is 5.69 Å². The maximum Gasteiger partial charge on any atom is 0.263 e. The van der Waals surface area contributed by atoms with E-state index in [1.165, 1.54) is 22.5 Å². The van der Waals surface area contributed by atoms with Crippen molar-refractivity contribution < 1.29 is 4.79 Å². The van der Waals surface area contributed by atoms with Gasteiger partial charge in [-0.15, -0.1) is 11.3 Å². The molecule has 4 aromatic rings. The predicted molar refractivity (Wildman–Crippen MR) is 120 cm³/mol. The average molecular weight is 415 g/mol. The highest BCUT2D eigenvalue weighted by Crippen LogP contribution is 2.28. The molecule has 0 fully saturated rings. The fraction of sp³-hybridized carbons (Fsp3) is 0.167. The van der Waals surface area contributed by atoms with E-state index >= 15 is 0 Å². The van der Waals surface area contributed by atoms with Crippen LogP contribution in [0.15, 0.2) is 79.1 Å². The number of benzene rings is 2. The average Bonchev–Trinajstić information content (AvgIpc) is 3.20. The molecular weight excluding hydrogens is 392 g/mol. The number of nitrogens with one attached hydrogen (secondary N) is 1. The lowest BCUT2D eigenvalue weighted by molar-refractivity contribution is 0.0956. The van der Waals surface area contributed by atoms with Gasteiger partial charge in [0.2, 0.25) is 0 Å². The highest BCUT2D eigenvalue weighted by Gasteiger charge is 2.18. The summed E-state index contributed by atoms with van der Waals surface area (Å²) in [6, 6.07) is 22.6.